The summed E-state index contributed by atoms with van der Waals surface area (Å²) in [4.78, 5) is 18.1. The Bertz CT molecular complexity index is 1440. The Morgan fingerprint density at radius 1 is 1.11 bits per heavy atom. The van der Waals surface area contributed by atoms with Gasteiger partial charge in [0.2, 0.25) is 11.1 Å². The average Bonchev–Trinajstić information content (AvgIpc) is 3.29. The van der Waals surface area contributed by atoms with Gasteiger partial charge in [0.15, 0.2) is 0 Å². The molecule has 1 N–H and O–H groups in total. The molecular weight excluding hydrogens is 492 g/mol. The number of rotatable bonds is 8. The van der Waals surface area contributed by atoms with E-state index in [0.717, 1.165) is 45.5 Å². The Morgan fingerprint density at radius 2 is 1.89 bits per heavy atom. The van der Waals surface area contributed by atoms with Crippen molar-refractivity contribution in [2.75, 3.05) is 11.9 Å². The van der Waals surface area contributed by atoms with Crippen LogP contribution in [0.15, 0.2) is 83.2 Å². The molecule has 8 heteroatoms. The average molecular weight is 519 g/mol. The monoisotopic (exact) mass is 518 g/mol. The predicted molar refractivity (Wildman–Crippen MR) is 145 cm³/mol. The van der Waals surface area contributed by atoms with E-state index in [4.69, 9.17) is 26.4 Å². The fourth-order valence-corrected chi connectivity index (χ4v) is 5.49. The van der Waals surface area contributed by atoms with E-state index in [1.54, 1.807) is 4.68 Å². The number of halogens is 1. The molecule has 2 heterocycles. The van der Waals surface area contributed by atoms with Gasteiger partial charge in [-0.1, -0.05) is 97.4 Å². The second-order valence-corrected chi connectivity index (χ2v) is 10.0. The zero-order valence-electron chi connectivity index (χ0n) is 20.2. The number of carbonyl (C=O) groups is 1. The molecule has 4 aromatic rings. The first kappa shape index (κ1) is 24.4. The molecule has 1 unspecified atom stereocenters. The van der Waals surface area contributed by atoms with E-state index >= 15 is 0 Å². The number of benzene rings is 3. The number of esters is 1. The SMILES string of the molecule is CCCCOC(=O)C1=C(C)Nc2nc(SCc3ccccc3Cl)nn2C1c1cccc2ccccc12. The van der Waals surface area contributed by atoms with Gasteiger partial charge in [0, 0.05) is 16.5 Å². The van der Waals surface area contributed by atoms with Crippen molar-refractivity contribution in [3.05, 3.63) is 94.1 Å². The highest BCUT2D eigenvalue weighted by Gasteiger charge is 2.36. The Labute approximate surface area is 219 Å². The Balaban J connectivity index is 1.55. The van der Waals surface area contributed by atoms with Crippen LogP contribution < -0.4 is 5.32 Å². The van der Waals surface area contributed by atoms with Crippen molar-refractivity contribution in [3.63, 3.8) is 0 Å². The van der Waals surface area contributed by atoms with Gasteiger partial charge in [0.25, 0.3) is 0 Å². The molecule has 3 aromatic carbocycles. The summed E-state index contributed by atoms with van der Waals surface area (Å²) in [6.45, 7) is 4.35. The van der Waals surface area contributed by atoms with Gasteiger partial charge in [-0.25, -0.2) is 9.48 Å². The molecule has 0 saturated carbocycles. The van der Waals surface area contributed by atoms with Crippen molar-refractivity contribution < 1.29 is 9.53 Å². The fraction of sp³-hybridized carbons (Fsp3) is 0.250. The van der Waals surface area contributed by atoms with Crippen molar-refractivity contribution >= 4 is 46.1 Å². The van der Waals surface area contributed by atoms with Gasteiger partial charge in [0.1, 0.15) is 6.04 Å². The maximum atomic E-state index is 13.4. The lowest BCUT2D eigenvalue weighted by Crippen LogP contribution is -2.30. The van der Waals surface area contributed by atoms with Crippen LogP contribution in [0.25, 0.3) is 10.8 Å². The van der Waals surface area contributed by atoms with Gasteiger partial charge in [-0.2, -0.15) is 4.98 Å². The third-order valence-electron chi connectivity index (χ3n) is 6.22. The number of fused-ring (bicyclic) bond motifs is 2. The van der Waals surface area contributed by atoms with Crippen molar-refractivity contribution in [1.82, 2.24) is 14.8 Å². The van der Waals surface area contributed by atoms with E-state index in [0.29, 0.717) is 29.0 Å². The van der Waals surface area contributed by atoms with Crippen LogP contribution in [0.1, 0.15) is 43.9 Å². The molecule has 0 amide bonds. The minimum atomic E-state index is -0.469. The van der Waals surface area contributed by atoms with Crippen LogP contribution in [-0.2, 0) is 15.3 Å². The Morgan fingerprint density at radius 3 is 2.72 bits per heavy atom. The zero-order valence-corrected chi connectivity index (χ0v) is 21.8. The van der Waals surface area contributed by atoms with Gasteiger partial charge in [-0.3, -0.25) is 0 Å². The number of thioether (sulfide) groups is 1. The molecule has 0 radical (unpaired) electrons. The maximum absolute atomic E-state index is 13.4. The molecular formula is C28H27ClN4O2S. The van der Waals surface area contributed by atoms with Crippen molar-refractivity contribution in [2.45, 2.75) is 43.6 Å². The normalized spacial score (nSPS) is 15.0. The second-order valence-electron chi connectivity index (χ2n) is 8.67. The summed E-state index contributed by atoms with van der Waals surface area (Å²) < 4.78 is 7.48. The topological polar surface area (TPSA) is 69.0 Å². The molecule has 1 aliphatic rings. The molecule has 5 rings (SSSR count). The minimum absolute atomic E-state index is 0.335. The van der Waals surface area contributed by atoms with Crippen LogP contribution >= 0.6 is 23.4 Å². The number of unbranched alkanes of at least 4 members (excludes halogenated alkanes) is 1. The van der Waals surface area contributed by atoms with E-state index in [9.17, 15) is 4.79 Å². The molecule has 184 valence electrons. The van der Waals surface area contributed by atoms with Crippen molar-refractivity contribution in [3.8, 4) is 0 Å². The number of aromatic nitrogens is 3. The van der Waals surface area contributed by atoms with Crippen LogP contribution in [0.3, 0.4) is 0 Å². The zero-order chi connectivity index (χ0) is 25.1. The summed E-state index contributed by atoms with van der Waals surface area (Å²) in [5.74, 6) is 0.899. The van der Waals surface area contributed by atoms with E-state index < -0.39 is 6.04 Å². The third kappa shape index (κ3) is 4.86. The molecule has 0 aliphatic carbocycles. The second kappa shape index (κ2) is 10.8. The lowest BCUT2D eigenvalue weighted by atomic mass is 9.91. The number of carbonyl (C=O) groups excluding carboxylic acids is 1. The maximum Gasteiger partial charge on any atom is 0.338 e. The van der Waals surface area contributed by atoms with Gasteiger partial charge < -0.3 is 10.1 Å². The molecule has 1 aliphatic heterocycles. The highest BCUT2D eigenvalue weighted by molar-refractivity contribution is 7.98. The van der Waals surface area contributed by atoms with Gasteiger partial charge >= 0.3 is 5.97 Å². The first-order valence-corrected chi connectivity index (χ1v) is 13.4. The van der Waals surface area contributed by atoms with Gasteiger partial charge in [-0.15, -0.1) is 5.10 Å². The van der Waals surface area contributed by atoms with E-state index in [2.05, 4.69) is 30.4 Å². The predicted octanol–water partition coefficient (Wildman–Crippen LogP) is 7.01. The summed E-state index contributed by atoms with van der Waals surface area (Å²) in [5.41, 5.74) is 3.26. The van der Waals surface area contributed by atoms with Crippen molar-refractivity contribution in [1.29, 1.82) is 0 Å². The molecule has 1 atom stereocenters. The van der Waals surface area contributed by atoms with E-state index in [1.807, 2.05) is 55.5 Å². The highest BCUT2D eigenvalue weighted by Crippen LogP contribution is 2.39. The highest BCUT2D eigenvalue weighted by atomic mass is 35.5. The van der Waals surface area contributed by atoms with Gasteiger partial charge in [-0.05, 0) is 41.3 Å². The van der Waals surface area contributed by atoms with Crippen molar-refractivity contribution in [2.24, 2.45) is 0 Å². The molecule has 36 heavy (non-hydrogen) atoms. The number of anilines is 1. The van der Waals surface area contributed by atoms with E-state index in [-0.39, 0.29) is 5.97 Å². The first-order chi connectivity index (χ1) is 17.6. The lowest BCUT2D eigenvalue weighted by molar-refractivity contribution is -0.139. The molecule has 0 spiro atoms. The number of hydrogen-bond acceptors (Lipinski definition) is 6. The summed E-state index contributed by atoms with van der Waals surface area (Å²) >= 11 is 7.85. The third-order valence-corrected chi connectivity index (χ3v) is 7.47. The Hall–Kier alpha value is -3.29. The van der Waals surface area contributed by atoms with E-state index in [1.165, 1.54) is 11.8 Å². The quantitative estimate of drug-likeness (QED) is 0.154. The summed E-state index contributed by atoms with van der Waals surface area (Å²) in [6.07, 6.45) is 1.78. The largest absolute Gasteiger partial charge is 0.462 e. The lowest BCUT2D eigenvalue weighted by Gasteiger charge is -2.29. The number of ether oxygens (including phenoxy) is 1. The summed E-state index contributed by atoms with van der Waals surface area (Å²) in [6, 6.07) is 21.6. The van der Waals surface area contributed by atoms with Crippen LogP contribution in [0, 0.1) is 0 Å². The van der Waals surface area contributed by atoms with Gasteiger partial charge in [0.05, 0.1) is 12.2 Å². The fourth-order valence-electron chi connectivity index (χ4n) is 4.38. The summed E-state index contributed by atoms with van der Waals surface area (Å²) in [5, 5.41) is 11.6. The van der Waals surface area contributed by atoms with Crippen LogP contribution in [0.4, 0.5) is 5.95 Å². The number of hydrogen-bond donors (Lipinski definition) is 1. The number of nitrogens with one attached hydrogen (secondary N) is 1. The Kier molecular flexibility index (Phi) is 7.30. The van der Waals surface area contributed by atoms with Crippen LogP contribution in [0.2, 0.25) is 5.02 Å². The smallest absolute Gasteiger partial charge is 0.338 e. The molecule has 6 nitrogen and oxygen atoms in total. The summed E-state index contributed by atoms with van der Waals surface area (Å²) in [7, 11) is 0. The number of nitrogens with zero attached hydrogens (tertiary/aromatic N) is 3. The molecule has 0 fully saturated rings. The molecule has 0 saturated heterocycles. The minimum Gasteiger partial charge on any atom is -0.462 e. The van der Waals surface area contributed by atoms with Crippen LogP contribution in [-0.4, -0.2) is 27.3 Å². The number of allylic oxidation sites excluding steroid dienone is 1. The first-order valence-electron chi connectivity index (χ1n) is 12.0. The van der Waals surface area contributed by atoms with Crippen LogP contribution in [0.5, 0.6) is 0 Å². The molecule has 1 aromatic heterocycles. The molecule has 0 bridgehead atoms. The standard InChI is InChI=1S/C28H27ClN4O2S/c1-3-4-16-35-26(34)24-18(2)30-27-31-28(36-17-20-11-6-8-15-23(20)29)32-33(27)25(24)22-14-9-12-19-10-5-7-13-21(19)22/h5-15,25H,3-4,16-17H2,1-2H3,(H,30,31,32).